The molecular weight excluding hydrogens is 567 g/mol. The lowest BCUT2D eigenvalue weighted by Gasteiger charge is -2.39. The van der Waals surface area contributed by atoms with Gasteiger partial charge in [-0.3, -0.25) is 9.69 Å². The molecule has 0 spiro atoms. The van der Waals surface area contributed by atoms with Crippen molar-refractivity contribution in [2.24, 2.45) is 13.0 Å². The highest BCUT2D eigenvalue weighted by Crippen LogP contribution is 2.45. The lowest BCUT2D eigenvalue weighted by Crippen LogP contribution is -2.47. The van der Waals surface area contributed by atoms with Crippen molar-refractivity contribution in [3.63, 3.8) is 0 Å². The van der Waals surface area contributed by atoms with Gasteiger partial charge in [-0.2, -0.15) is 13.2 Å². The Labute approximate surface area is 255 Å². The van der Waals surface area contributed by atoms with Crippen molar-refractivity contribution in [1.29, 1.82) is 0 Å². The van der Waals surface area contributed by atoms with E-state index in [0.717, 1.165) is 62.5 Å². The highest BCUT2D eigenvalue weighted by molar-refractivity contribution is 6.11. The number of benzene rings is 2. The van der Waals surface area contributed by atoms with Gasteiger partial charge < -0.3 is 10.1 Å². The molecular formula is C34H39F3N5O2+. The summed E-state index contributed by atoms with van der Waals surface area (Å²) in [6.45, 7) is 4.33. The number of amides is 1. The van der Waals surface area contributed by atoms with E-state index in [9.17, 15) is 18.0 Å². The number of allylic oxidation sites excluding steroid dienone is 2. The zero-order valence-electron chi connectivity index (χ0n) is 25.5. The summed E-state index contributed by atoms with van der Waals surface area (Å²) in [5.74, 6) is 0.594. The van der Waals surface area contributed by atoms with Gasteiger partial charge in [0.2, 0.25) is 6.33 Å². The van der Waals surface area contributed by atoms with E-state index in [-0.39, 0.29) is 35.9 Å². The summed E-state index contributed by atoms with van der Waals surface area (Å²) < 4.78 is 53.6. The van der Waals surface area contributed by atoms with E-state index < -0.39 is 17.6 Å². The SMILES string of the molecule is C[C@H]1C=C(c2cc(OC3CCCC3)cc(N3Cc4c(cc(CNC5(C)CCC5)cc4C(F)(F)F)C3=O)c2-[n+]2cn(C)cn2)C1. The van der Waals surface area contributed by atoms with Gasteiger partial charge in [-0.1, -0.05) is 17.7 Å². The summed E-state index contributed by atoms with van der Waals surface area (Å²) in [5.41, 5.74) is 2.91. The van der Waals surface area contributed by atoms with Gasteiger partial charge in [0.05, 0.1) is 30.9 Å². The maximum absolute atomic E-state index is 14.5. The Bertz CT molecular complexity index is 1650. The Kier molecular flexibility index (Phi) is 7.10. The highest BCUT2D eigenvalue weighted by Gasteiger charge is 2.42. The molecule has 0 saturated heterocycles. The molecule has 1 aliphatic heterocycles. The summed E-state index contributed by atoms with van der Waals surface area (Å²) in [6, 6.07) is 6.69. The lowest BCUT2D eigenvalue weighted by molar-refractivity contribution is -0.656. The zero-order chi connectivity index (χ0) is 30.8. The fraction of sp³-hybridized carbons (Fsp3) is 0.500. The van der Waals surface area contributed by atoms with Crippen LogP contribution in [0.15, 0.2) is 43.0 Å². The maximum atomic E-state index is 14.5. The first-order chi connectivity index (χ1) is 21.0. The summed E-state index contributed by atoms with van der Waals surface area (Å²) in [5, 5.41) is 7.98. The van der Waals surface area contributed by atoms with Crippen LogP contribution in [0.25, 0.3) is 11.3 Å². The van der Waals surface area contributed by atoms with Crippen molar-refractivity contribution in [3.8, 4) is 11.4 Å². The number of alkyl halides is 3. The van der Waals surface area contributed by atoms with E-state index in [4.69, 9.17) is 4.74 Å². The van der Waals surface area contributed by atoms with E-state index in [2.05, 4.69) is 30.3 Å². The van der Waals surface area contributed by atoms with Crippen LogP contribution in [0.5, 0.6) is 5.75 Å². The third kappa shape index (κ3) is 5.31. The number of carbonyl (C=O) groups excluding carboxylic acids is 1. The first-order valence-corrected chi connectivity index (χ1v) is 15.7. The Hall–Kier alpha value is -3.66. The molecule has 44 heavy (non-hydrogen) atoms. The van der Waals surface area contributed by atoms with E-state index in [1.807, 2.05) is 25.5 Å². The van der Waals surface area contributed by atoms with Crippen molar-refractivity contribution in [2.75, 3.05) is 4.90 Å². The zero-order valence-corrected chi connectivity index (χ0v) is 25.5. The highest BCUT2D eigenvalue weighted by atomic mass is 19.4. The molecule has 3 aromatic rings. The fourth-order valence-electron chi connectivity index (χ4n) is 7.11. The number of carbonyl (C=O) groups is 1. The van der Waals surface area contributed by atoms with Crippen molar-refractivity contribution in [3.05, 3.63) is 70.8 Å². The second kappa shape index (κ2) is 10.8. The van der Waals surface area contributed by atoms with Crippen LogP contribution in [0.2, 0.25) is 0 Å². The van der Waals surface area contributed by atoms with Gasteiger partial charge in [-0.05, 0) is 104 Å². The number of aryl methyl sites for hydroxylation is 1. The van der Waals surface area contributed by atoms with Gasteiger partial charge in [0, 0.05) is 29.3 Å². The van der Waals surface area contributed by atoms with Crippen LogP contribution in [-0.2, 0) is 26.3 Å². The molecule has 232 valence electrons. The van der Waals surface area contributed by atoms with Crippen LogP contribution in [0, 0.1) is 5.92 Å². The summed E-state index contributed by atoms with van der Waals surface area (Å²) >= 11 is 0. The van der Waals surface area contributed by atoms with E-state index in [1.54, 1.807) is 21.6 Å². The number of fused-ring (bicyclic) bond motifs is 1. The number of halogens is 3. The Balaban J connectivity index is 1.34. The molecule has 2 heterocycles. The molecule has 1 aromatic heterocycles. The molecule has 10 heteroatoms. The van der Waals surface area contributed by atoms with Crippen molar-refractivity contribution < 1.29 is 27.4 Å². The summed E-state index contributed by atoms with van der Waals surface area (Å²) in [4.78, 5) is 15.7. The summed E-state index contributed by atoms with van der Waals surface area (Å²) in [7, 11) is 1.86. The third-order valence-corrected chi connectivity index (χ3v) is 9.79. The topological polar surface area (TPSA) is 63.3 Å². The minimum atomic E-state index is -4.60. The van der Waals surface area contributed by atoms with Crippen LogP contribution in [0.1, 0.15) is 97.8 Å². The monoisotopic (exact) mass is 606 g/mol. The molecule has 7 rings (SSSR count). The van der Waals surface area contributed by atoms with Gasteiger partial charge in [0.15, 0.2) is 5.69 Å². The average Bonchev–Trinajstić information content (AvgIpc) is 3.69. The van der Waals surface area contributed by atoms with Crippen LogP contribution in [0.3, 0.4) is 0 Å². The minimum Gasteiger partial charge on any atom is -0.490 e. The first kappa shape index (κ1) is 29.1. The molecule has 0 radical (unpaired) electrons. The van der Waals surface area contributed by atoms with Gasteiger partial charge in [-0.25, -0.2) is 4.57 Å². The largest absolute Gasteiger partial charge is 0.490 e. The number of anilines is 1. The predicted octanol–water partition coefficient (Wildman–Crippen LogP) is 6.65. The van der Waals surface area contributed by atoms with E-state index in [0.29, 0.717) is 28.6 Å². The number of hydrogen-bond donors (Lipinski definition) is 1. The van der Waals surface area contributed by atoms with Crippen LogP contribution < -0.4 is 19.6 Å². The number of rotatable bonds is 8. The molecule has 2 aromatic carbocycles. The number of ether oxygens (including phenoxy) is 1. The van der Waals surface area contributed by atoms with Gasteiger partial charge in [0.1, 0.15) is 5.75 Å². The molecule has 0 bridgehead atoms. The lowest BCUT2D eigenvalue weighted by atomic mass is 9.78. The smallest absolute Gasteiger partial charge is 0.416 e. The van der Waals surface area contributed by atoms with E-state index >= 15 is 0 Å². The predicted molar refractivity (Wildman–Crippen MR) is 160 cm³/mol. The maximum Gasteiger partial charge on any atom is 0.416 e. The third-order valence-electron chi connectivity index (χ3n) is 9.79. The average molecular weight is 607 g/mol. The molecule has 4 aliphatic rings. The molecule has 7 nitrogen and oxygen atoms in total. The van der Waals surface area contributed by atoms with Gasteiger partial charge >= 0.3 is 6.18 Å². The Morgan fingerprint density at radius 3 is 2.48 bits per heavy atom. The van der Waals surface area contributed by atoms with Crippen LogP contribution in [0.4, 0.5) is 18.9 Å². The number of nitrogens with one attached hydrogen (secondary N) is 1. The number of nitrogens with zero attached hydrogens (tertiary/aromatic N) is 4. The first-order valence-electron chi connectivity index (χ1n) is 15.7. The molecule has 2 fully saturated rings. The molecule has 1 atom stereocenters. The normalized spacial score (nSPS) is 21.2. The number of aromatic nitrogens is 3. The van der Waals surface area contributed by atoms with Gasteiger partial charge in [0.25, 0.3) is 12.2 Å². The fourth-order valence-corrected chi connectivity index (χ4v) is 7.11. The van der Waals surface area contributed by atoms with Crippen molar-refractivity contribution in [2.45, 2.75) is 96.1 Å². The van der Waals surface area contributed by atoms with Crippen LogP contribution in [-0.4, -0.2) is 27.2 Å². The molecule has 1 N–H and O–H groups in total. The quantitative estimate of drug-likeness (QED) is 0.292. The van der Waals surface area contributed by atoms with Crippen molar-refractivity contribution >= 4 is 17.2 Å². The van der Waals surface area contributed by atoms with Gasteiger partial charge in [-0.15, -0.1) is 0 Å². The number of hydrogen-bond acceptors (Lipinski definition) is 4. The molecule has 0 unspecified atom stereocenters. The standard InChI is InChI=1S/C34H39F3N5O2/c1-21-11-23(12-21)26-15-25(44-24-7-4-5-8-24)16-30(31(26)42-20-40(3)19-39-42)41-18-28-27(32(41)43)13-22(14-29(28)34(35,36)37)17-38-33(2)9-6-10-33/h11,13-16,19-21,24,38H,4-10,12,17-18H2,1-3H3/q+1/t21-/m0/s1. The Morgan fingerprint density at radius 2 is 1.86 bits per heavy atom. The van der Waals surface area contributed by atoms with Crippen LogP contribution >= 0.6 is 0 Å². The van der Waals surface area contributed by atoms with Crippen molar-refractivity contribution in [1.82, 2.24) is 15.0 Å². The second-order valence-corrected chi connectivity index (χ2v) is 13.4. The molecule has 2 saturated carbocycles. The van der Waals surface area contributed by atoms with E-state index in [1.165, 1.54) is 11.0 Å². The Morgan fingerprint density at radius 1 is 1.11 bits per heavy atom. The molecule has 3 aliphatic carbocycles. The summed E-state index contributed by atoms with van der Waals surface area (Å²) in [6.07, 6.45) is 9.20. The second-order valence-electron chi connectivity index (χ2n) is 13.4. The molecule has 1 amide bonds. The minimum absolute atomic E-state index is 0.0122.